The number of hydrogen-bond donors (Lipinski definition) is 1. The highest BCUT2D eigenvalue weighted by atomic mass is 16.2. The summed E-state index contributed by atoms with van der Waals surface area (Å²) in [7, 11) is 0. The summed E-state index contributed by atoms with van der Waals surface area (Å²) >= 11 is 0. The Balaban J connectivity index is 1.99. The van der Waals surface area contributed by atoms with Gasteiger partial charge in [0.15, 0.2) is 0 Å². The Labute approximate surface area is 111 Å². The molecule has 3 heteroatoms. The van der Waals surface area contributed by atoms with Crippen molar-refractivity contribution in [3.8, 4) is 0 Å². The molecular weight excluding hydrogens is 224 g/mol. The maximum absolute atomic E-state index is 12.3. The lowest BCUT2D eigenvalue weighted by Gasteiger charge is -2.34. The van der Waals surface area contributed by atoms with Gasteiger partial charge in [-0.05, 0) is 31.1 Å². The average Bonchev–Trinajstić information content (AvgIpc) is 2.69. The zero-order chi connectivity index (χ0) is 13.1. The van der Waals surface area contributed by atoms with Gasteiger partial charge in [0.25, 0.3) is 0 Å². The van der Waals surface area contributed by atoms with Gasteiger partial charge < -0.3 is 4.90 Å². The molecule has 104 valence electrons. The van der Waals surface area contributed by atoms with E-state index in [1.165, 1.54) is 25.7 Å². The third-order valence-electron chi connectivity index (χ3n) is 4.87. The van der Waals surface area contributed by atoms with Gasteiger partial charge in [-0.15, -0.1) is 0 Å². The van der Waals surface area contributed by atoms with Crippen LogP contribution in [0.4, 0.5) is 0 Å². The van der Waals surface area contributed by atoms with Gasteiger partial charge in [-0.3, -0.25) is 10.1 Å². The number of nitrogens with one attached hydrogen (secondary N) is 1. The third-order valence-corrected chi connectivity index (χ3v) is 4.87. The molecule has 1 saturated carbocycles. The zero-order valence-corrected chi connectivity index (χ0v) is 12.1. The van der Waals surface area contributed by atoms with E-state index in [1.807, 2.05) is 0 Å². The molecule has 2 rings (SSSR count). The first-order chi connectivity index (χ1) is 8.67. The summed E-state index contributed by atoms with van der Waals surface area (Å²) in [5.41, 5.74) is 0. The van der Waals surface area contributed by atoms with Crippen molar-refractivity contribution in [1.29, 1.82) is 0 Å². The van der Waals surface area contributed by atoms with Crippen LogP contribution in [0.15, 0.2) is 0 Å². The number of carbonyl (C=O) groups excluding carboxylic acids is 1. The van der Waals surface area contributed by atoms with Crippen LogP contribution in [0.2, 0.25) is 0 Å². The van der Waals surface area contributed by atoms with Crippen molar-refractivity contribution in [3.63, 3.8) is 0 Å². The number of rotatable bonds is 4. The minimum absolute atomic E-state index is 0.0637. The fourth-order valence-electron chi connectivity index (χ4n) is 3.51. The largest absolute Gasteiger partial charge is 0.326 e. The van der Waals surface area contributed by atoms with E-state index >= 15 is 0 Å². The topological polar surface area (TPSA) is 32.3 Å². The molecule has 1 amide bonds. The average molecular weight is 252 g/mol. The van der Waals surface area contributed by atoms with E-state index in [1.54, 1.807) is 0 Å². The fraction of sp³-hybridized carbons (Fsp3) is 0.933. The van der Waals surface area contributed by atoms with Gasteiger partial charge in [0.2, 0.25) is 5.91 Å². The maximum atomic E-state index is 12.3. The van der Waals surface area contributed by atoms with Crippen LogP contribution in [0.1, 0.15) is 59.3 Å². The van der Waals surface area contributed by atoms with Crippen molar-refractivity contribution in [1.82, 2.24) is 10.2 Å². The number of carbonyl (C=O) groups is 1. The molecular formula is C15H28N2O. The lowest BCUT2D eigenvalue weighted by Crippen LogP contribution is -2.41. The van der Waals surface area contributed by atoms with E-state index in [4.69, 9.17) is 0 Å². The van der Waals surface area contributed by atoms with E-state index in [0.717, 1.165) is 25.3 Å². The quantitative estimate of drug-likeness (QED) is 0.834. The molecule has 2 fully saturated rings. The molecule has 0 aromatic rings. The van der Waals surface area contributed by atoms with Crippen LogP contribution in [-0.4, -0.2) is 29.6 Å². The van der Waals surface area contributed by atoms with Gasteiger partial charge in [0.05, 0.1) is 12.2 Å². The molecule has 0 spiro atoms. The van der Waals surface area contributed by atoms with Gasteiger partial charge in [-0.1, -0.05) is 40.0 Å². The highest BCUT2D eigenvalue weighted by Crippen LogP contribution is 2.31. The van der Waals surface area contributed by atoms with Crippen molar-refractivity contribution in [3.05, 3.63) is 0 Å². The molecule has 1 N–H and O–H groups in total. The summed E-state index contributed by atoms with van der Waals surface area (Å²) in [5, 5.41) is 3.47. The summed E-state index contributed by atoms with van der Waals surface area (Å²) < 4.78 is 0. The second kappa shape index (κ2) is 6.05. The minimum Gasteiger partial charge on any atom is -0.326 e. The van der Waals surface area contributed by atoms with E-state index < -0.39 is 0 Å². The maximum Gasteiger partial charge on any atom is 0.241 e. The molecule has 4 atom stereocenters. The van der Waals surface area contributed by atoms with E-state index in [0.29, 0.717) is 11.8 Å². The Kier molecular flexibility index (Phi) is 4.66. The molecule has 0 aromatic carbocycles. The van der Waals surface area contributed by atoms with Gasteiger partial charge in [-0.25, -0.2) is 0 Å². The first-order valence-corrected chi connectivity index (χ1v) is 7.73. The van der Waals surface area contributed by atoms with Crippen molar-refractivity contribution in [2.45, 2.75) is 71.5 Å². The molecule has 1 heterocycles. The monoisotopic (exact) mass is 252 g/mol. The molecule has 1 aliphatic carbocycles. The van der Waals surface area contributed by atoms with Crippen molar-refractivity contribution >= 4 is 5.91 Å². The van der Waals surface area contributed by atoms with E-state index in [-0.39, 0.29) is 12.2 Å². The predicted octanol–water partition coefficient (Wildman–Crippen LogP) is 2.76. The second-order valence-electron chi connectivity index (χ2n) is 6.06. The summed E-state index contributed by atoms with van der Waals surface area (Å²) in [6.45, 7) is 7.59. The van der Waals surface area contributed by atoms with Crippen molar-refractivity contribution < 1.29 is 4.79 Å². The van der Waals surface area contributed by atoms with Crippen LogP contribution >= 0.6 is 0 Å². The van der Waals surface area contributed by atoms with Crippen LogP contribution in [0.25, 0.3) is 0 Å². The highest BCUT2D eigenvalue weighted by molar-refractivity contribution is 5.84. The van der Waals surface area contributed by atoms with Gasteiger partial charge in [0, 0.05) is 6.54 Å². The summed E-state index contributed by atoms with van der Waals surface area (Å²) in [5.74, 6) is 1.83. The highest BCUT2D eigenvalue weighted by Gasteiger charge is 2.38. The number of amides is 1. The molecule has 1 aliphatic heterocycles. The minimum atomic E-state index is 0.0637. The van der Waals surface area contributed by atoms with Gasteiger partial charge in [-0.2, -0.15) is 0 Å². The number of hydrogen-bond acceptors (Lipinski definition) is 2. The summed E-state index contributed by atoms with van der Waals surface area (Å²) in [6.07, 6.45) is 7.57. The van der Waals surface area contributed by atoms with E-state index in [9.17, 15) is 4.79 Å². The Morgan fingerprint density at radius 1 is 1.22 bits per heavy atom. The van der Waals surface area contributed by atoms with Crippen LogP contribution in [-0.2, 0) is 4.79 Å². The molecule has 4 unspecified atom stereocenters. The molecule has 0 bridgehead atoms. The second-order valence-corrected chi connectivity index (χ2v) is 6.06. The standard InChI is InChI=1S/C15H28N2O/c1-4-13-15(18)17(14(5-2)16-13)10-12-9-7-6-8-11(12)3/h11-14,16H,4-10H2,1-3H3. The molecule has 0 aromatic heterocycles. The Morgan fingerprint density at radius 2 is 1.94 bits per heavy atom. The lowest BCUT2D eigenvalue weighted by atomic mass is 9.80. The Morgan fingerprint density at radius 3 is 2.56 bits per heavy atom. The Hall–Kier alpha value is -0.570. The lowest BCUT2D eigenvalue weighted by molar-refractivity contribution is -0.131. The molecule has 1 saturated heterocycles. The normalized spacial score (nSPS) is 37.3. The molecule has 3 nitrogen and oxygen atoms in total. The third kappa shape index (κ3) is 2.71. The molecule has 2 aliphatic rings. The van der Waals surface area contributed by atoms with E-state index in [2.05, 4.69) is 31.0 Å². The van der Waals surface area contributed by atoms with Crippen LogP contribution < -0.4 is 5.32 Å². The predicted molar refractivity (Wildman–Crippen MR) is 74.1 cm³/mol. The SMILES string of the molecule is CCC1NC(CC)N(CC2CCCCC2C)C1=O. The van der Waals surface area contributed by atoms with Crippen LogP contribution in [0.5, 0.6) is 0 Å². The fourth-order valence-corrected chi connectivity index (χ4v) is 3.51. The zero-order valence-electron chi connectivity index (χ0n) is 12.1. The van der Waals surface area contributed by atoms with Crippen molar-refractivity contribution in [2.75, 3.05) is 6.54 Å². The first kappa shape index (κ1) is 13.9. The number of nitrogens with zero attached hydrogens (tertiary/aromatic N) is 1. The molecule has 0 radical (unpaired) electrons. The van der Waals surface area contributed by atoms with Crippen LogP contribution in [0, 0.1) is 11.8 Å². The van der Waals surface area contributed by atoms with Gasteiger partial charge >= 0.3 is 0 Å². The Bertz CT molecular complexity index is 292. The van der Waals surface area contributed by atoms with Crippen LogP contribution in [0.3, 0.4) is 0 Å². The summed E-state index contributed by atoms with van der Waals surface area (Å²) in [6, 6.07) is 0.0637. The first-order valence-electron chi connectivity index (χ1n) is 7.73. The summed E-state index contributed by atoms with van der Waals surface area (Å²) in [4.78, 5) is 14.5. The smallest absolute Gasteiger partial charge is 0.241 e. The van der Waals surface area contributed by atoms with Gasteiger partial charge in [0.1, 0.15) is 0 Å². The molecule has 18 heavy (non-hydrogen) atoms. The van der Waals surface area contributed by atoms with Crippen molar-refractivity contribution in [2.24, 2.45) is 11.8 Å².